The number of hydrazine groups is 1. The van der Waals surface area contributed by atoms with Crippen molar-refractivity contribution in [2.24, 2.45) is 0 Å². The van der Waals surface area contributed by atoms with Crippen molar-refractivity contribution in [2.45, 2.75) is 46.5 Å². The van der Waals surface area contributed by atoms with Gasteiger partial charge in [0.15, 0.2) is 5.13 Å². The largest absolute Gasteiger partial charge is 0.423 e. The van der Waals surface area contributed by atoms with Gasteiger partial charge in [-0.05, 0) is 31.4 Å². The van der Waals surface area contributed by atoms with Gasteiger partial charge in [0.25, 0.3) is 0 Å². The van der Waals surface area contributed by atoms with Crippen LogP contribution in [0.15, 0.2) is 18.2 Å². The van der Waals surface area contributed by atoms with Crippen molar-refractivity contribution in [1.82, 2.24) is 10.2 Å². The summed E-state index contributed by atoms with van der Waals surface area (Å²) in [5, 5.41) is 3.36. The molecule has 0 unspecified atom stereocenters. The van der Waals surface area contributed by atoms with E-state index in [-0.39, 0.29) is 0 Å². The van der Waals surface area contributed by atoms with Crippen LogP contribution in [0.3, 0.4) is 0 Å². The molecule has 2 aromatic rings. The number of hydrogen-bond donors (Lipinski definition) is 2. The summed E-state index contributed by atoms with van der Waals surface area (Å²) in [6.07, 6.45) is 3.62. The molecule has 2 N–H and O–H groups in total. The lowest BCUT2D eigenvalue weighted by atomic mass is 10.2. The SMILES string of the molecule is CCCCOP(=O)(NNc1nc2c(C)cccc2s1)OCCCC. The highest BCUT2D eigenvalue weighted by molar-refractivity contribution is 7.51. The molecule has 6 nitrogen and oxygen atoms in total. The minimum absolute atomic E-state index is 0.396. The van der Waals surface area contributed by atoms with E-state index >= 15 is 0 Å². The van der Waals surface area contributed by atoms with E-state index in [0.29, 0.717) is 18.3 Å². The molecule has 0 saturated carbocycles. The van der Waals surface area contributed by atoms with E-state index in [2.05, 4.69) is 29.5 Å². The van der Waals surface area contributed by atoms with E-state index in [9.17, 15) is 4.57 Å². The van der Waals surface area contributed by atoms with Crippen LogP contribution in [0.1, 0.15) is 45.1 Å². The van der Waals surface area contributed by atoms with Crippen molar-refractivity contribution >= 4 is 34.4 Å². The lowest BCUT2D eigenvalue weighted by Crippen LogP contribution is -2.22. The van der Waals surface area contributed by atoms with Gasteiger partial charge < -0.3 is 0 Å². The normalized spacial score (nSPS) is 12.0. The molecule has 0 bridgehead atoms. The third-order valence-corrected chi connectivity index (χ3v) is 5.81. The maximum Gasteiger partial charge on any atom is 0.423 e. The monoisotopic (exact) mass is 371 g/mol. The Kier molecular flexibility index (Phi) is 7.65. The predicted molar refractivity (Wildman–Crippen MR) is 100 cm³/mol. The second kappa shape index (κ2) is 9.49. The molecule has 0 saturated heterocycles. The molecule has 1 heterocycles. The van der Waals surface area contributed by atoms with Crippen molar-refractivity contribution in [3.63, 3.8) is 0 Å². The Morgan fingerprint density at radius 2 is 1.83 bits per heavy atom. The number of nitrogens with zero attached hydrogens (tertiary/aromatic N) is 1. The molecule has 0 aliphatic rings. The van der Waals surface area contributed by atoms with Crippen LogP contribution in [0.4, 0.5) is 5.13 Å². The van der Waals surface area contributed by atoms with Crippen molar-refractivity contribution in [3.8, 4) is 0 Å². The molecule has 0 fully saturated rings. The van der Waals surface area contributed by atoms with Crippen molar-refractivity contribution in [2.75, 3.05) is 18.6 Å². The Hall–Kier alpha value is -0.980. The molecule has 1 aromatic heterocycles. The van der Waals surface area contributed by atoms with Crippen LogP contribution in [0.2, 0.25) is 0 Å². The molecule has 0 aliphatic carbocycles. The Morgan fingerprint density at radius 1 is 1.17 bits per heavy atom. The van der Waals surface area contributed by atoms with Crippen LogP contribution in [-0.2, 0) is 13.6 Å². The molecular weight excluding hydrogens is 345 g/mol. The molecule has 0 aliphatic heterocycles. The third-order valence-electron chi connectivity index (χ3n) is 3.44. The van der Waals surface area contributed by atoms with Crippen molar-refractivity contribution in [3.05, 3.63) is 23.8 Å². The standard InChI is InChI=1S/C16H26N3O3PS/c1-4-6-11-21-23(20,22-12-7-5-2)19-18-16-17-15-13(3)9-8-10-14(15)24-16/h8-10H,4-7,11-12H2,1-3H3,(H,17,18)(H,19,20). The van der Waals surface area contributed by atoms with E-state index < -0.39 is 7.75 Å². The zero-order valence-corrected chi connectivity index (χ0v) is 16.2. The zero-order valence-electron chi connectivity index (χ0n) is 14.5. The van der Waals surface area contributed by atoms with Gasteiger partial charge in [-0.1, -0.05) is 50.2 Å². The van der Waals surface area contributed by atoms with E-state index in [1.165, 1.54) is 11.3 Å². The Bertz CT molecular complexity index is 678. The number of thiazole rings is 1. The summed E-state index contributed by atoms with van der Waals surface area (Å²) in [6.45, 7) is 6.93. The first-order valence-electron chi connectivity index (χ1n) is 8.36. The van der Waals surface area contributed by atoms with Gasteiger partial charge >= 0.3 is 7.75 Å². The molecule has 0 radical (unpaired) electrons. The Labute approximate surface area is 147 Å². The number of aryl methyl sites for hydroxylation is 1. The van der Waals surface area contributed by atoms with Gasteiger partial charge in [-0.15, -0.1) is 5.20 Å². The highest BCUT2D eigenvalue weighted by Gasteiger charge is 2.24. The van der Waals surface area contributed by atoms with E-state index in [1.807, 2.05) is 25.1 Å². The Balaban J connectivity index is 2.01. The minimum Gasteiger partial charge on any atom is -0.296 e. The first kappa shape index (κ1) is 19.3. The highest BCUT2D eigenvalue weighted by atomic mass is 32.1. The fraction of sp³-hybridized carbons (Fsp3) is 0.562. The average Bonchev–Trinajstić information content (AvgIpc) is 2.98. The number of anilines is 1. The van der Waals surface area contributed by atoms with E-state index in [1.54, 1.807) is 0 Å². The van der Waals surface area contributed by atoms with Crippen LogP contribution in [0, 0.1) is 6.92 Å². The molecule has 0 atom stereocenters. The first-order valence-corrected chi connectivity index (χ1v) is 10.7. The van der Waals surface area contributed by atoms with Gasteiger partial charge in [-0.3, -0.25) is 14.5 Å². The number of rotatable bonds is 11. The van der Waals surface area contributed by atoms with Crippen molar-refractivity contribution < 1.29 is 13.6 Å². The summed E-state index contributed by atoms with van der Waals surface area (Å²) in [5.41, 5.74) is 4.95. The second-order valence-electron chi connectivity index (χ2n) is 5.55. The molecule has 8 heteroatoms. The summed E-state index contributed by atoms with van der Waals surface area (Å²) in [6, 6.07) is 6.03. The first-order chi connectivity index (χ1) is 11.6. The van der Waals surface area contributed by atoms with E-state index in [4.69, 9.17) is 9.05 Å². The smallest absolute Gasteiger partial charge is 0.296 e. The molecule has 134 valence electrons. The van der Waals surface area contributed by atoms with Crippen LogP contribution < -0.4 is 10.6 Å². The number of nitrogens with one attached hydrogen (secondary N) is 2. The van der Waals surface area contributed by atoms with Crippen LogP contribution in [0.25, 0.3) is 10.2 Å². The van der Waals surface area contributed by atoms with Crippen molar-refractivity contribution in [1.29, 1.82) is 0 Å². The summed E-state index contributed by atoms with van der Waals surface area (Å²) >= 11 is 1.49. The lowest BCUT2D eigenvalue weighted by molar-refractivity contribution is 0.193. The van der Waals surface area contributed by atoms with Crippen LogP contribution >= 0.6 is 19.1 Å². The fourth-order valence-corrected chi connectivity index (χ4v) is 4.17. The Morgan fingerprint density at radius 3 is 2.42 bits per heavy atom. The molecule has 0 amide bonds. The second-order valence-corrected chi connectivity index (χ2v) is 8.31. The molecule has 1 aromatic carbocycles. The van der Waals surface area contributed by atoms with Crippen LogP contribution in [0.5, 0.6) is 0 Å². The van der Waals surface area contributed by atoms with Gasteiger partial charge in [0, 0.05) is 0 Å². The lowest BCUT2D eigenvalue weighted by Gasteiger charge is -2.19. The zero-order chi connectivity index (χ0) is 17.4. The number of para-hydroxylation sites is 1. The molecular formula is C16H26N3O3PS. The minimum atomic E-state index is -3.39. The van der Waals surface area contributed by atoms with Gasteiger partial charge in [0.2, 0.25) is 0 Å². The average molecular weight is 371 g/mol. The molecule has 24 heavy (non-hydrogen) atoms. The van der Waals surface area contributed by atoms with Gasteiger partial charge in [-0.25, -0.2) is 9.55 Å². The predicted octanol–water partition coefficient (Wildman–Crippen LogP) is 5.26. The summed E-state index contributed by atoms with van der Waals surface area (Å²) < 4.78 is 24.8. The van der Waals surface area contributed by atoms with E-state index in [0.717, 1.165) is 41.5 Å². The van der Waals surface area contributed by atoms with Crippen LogP contribution in [-0.4, -0.2) is 18.2 Å². The highest BCUT2D eigenvalue weighted by Crippen LogP contribution is 2.44. The third kappa shape index (κ3) is 5.53. The number of benzene rings is 1. The van der Waals surface area contributed by atoms with Gasteiger partial charge in [0.1, 0.15) is 0 Å². The quantitative estimate of drug-likeness (QED) is 0.319. The number of aromatic nitrogens is 1. The number of hydrogen-bond acceptors (Lipinski definition) is 6. The maximum atomic E-state index is 12.8. The topological polar surface area (TPSA) is 72.5 Å². The van der Waals surface area contributed by atoms with Gasteiger partial charge in [0.05, 0.1) is 23.4 Å². The fourth-order valence-electron chi connectivity index (χ4n) is 2.02. The molecule has 2 rings (SSSR count). The number of unbranched alkanes of at least 4 members (excludes halogenated alkanes) is 2. The number of fused-ring (bicyclic) bond motifs is 1. The summed E-state index contributed by atoms with van der Waals surface area (Å²) in [4.78, 5) is 4.52. The maximum absolute atomic E-state index is 12.8. The molecule has 0 spiro atoms. The van der Waals surface area contributed by atoms with Gasteiger partial charge in [-0.2, -0.15) is 0 Å². The summed E-state index contributed by atoms with van der Waals surface area (Å²) in [5.74, 6) is 0. The summed E-state index contributed by atoms with van der Waals surface area (Å²) in [7, 11) is -3.39.